The van der Waals surface area contributed by atoms with Crippen molar-refractivity contribution in [2.24, 2.45) is 0 Å². The lowest BCUT2D eigenvalue weighted by atomic mass is 9.88. The second-order valence-corrected chi connectivity index (χ2v) is 7.02. The van der Waals surface area contributed by atoms with Gasteiger partial charge in [-0.05, 0) is 55.4 Å². The molecule has 0 bridgehead atoms. The molecule has 0 saturated heterocycles. The van der Waals surface area contributed by atoms with Crippen LogP contribution < -0.4 is 10.2 Å². The van der Waals surface area contributed by atoms with Gasteiger partial charge in [0, 0.05) is 11.7 Å². The predicted octanol–water partition coefficient (Wildman–Crippen LogP) is 3.63. The zero-order valence-corrected chi connectivity index (χ0v) is 14.2. The van der Waals surface area contributed by atoms with Crippen LogP contribution in [0.2, 0.25) is 0 Å². The van der Waals surface area contributed by atoms with Gasteiger partial charge in [-0.3, -0.25) is 4.79 Å². The summed E-state index contributed by atoms with van der Waals surface area (Å²) in [5, 5.41) is 3.27. The van der Waals surface area contributed by atoms with E-state index in [0.29, 0.717) is 12.6 Å². The Morgan fingerprint density at radius 2 is 1.88 bits per heavy atom. The Balaban J connectivity index is 1.47. The molecule has 2 aromatic carbocycles. The van der Waals surface area contributed by atoms with Crippen molar-refractivity contribution in [2.45, 2.75) is 44.7 Å². The summed E-state index contributed by atoms with van der Waals surface area (Å²) in [6.45, 7) is 2.64. The van der Waals surface area contributed by atoms with E-state index in [0.717, 1.165) is 25.7 Å². The number of aryl methyl sites for hydroxylation is 1. The van der Waals surface area contributed by atoms with Gasteiger partial charge in [-0.15, -0.1) is 0 Å². The van der Waals surface area contributed by atoms with Crippen LogP contribution in [0.3, 0.4) is 0 Å². The second-order valence-electron chi connectivity index (χ2n) is 7.02. The molecule has 3 nitrogen and oxygen atoms in total. The minimum Gasteiger partial charge on any atom is -0.359 e. The Morgan fingerprint density at radius 1 is 1.12 bits per heavy atom. The fourth-order valence-corrected chi connectivity index (χ4v) is 4.17. The number of amides is 1. The van der Waals surface area contributed by atoms with Crippen molar-refractivity contribution in [3.63, 3.8) is 0 Å². The predicted molar refractivity (Wildman–Crippen MR) is 97.2 cm³/mol. The van der Waals surface area contributed by atoms with E-state index in [-0.39, 0.29) is 11.9 Å². The van der Waals surface area contributed by atoms with E-state index < -0.39 is 0 Å². The van der Waals surface area contributed by atoms with Crippen LogP contribution in [-0.2, 0) is 17.6 Å². The number of nitrogens with one attached hydrogen (secondary N) is 1. The monoisotopic (exact) mass is 320 g/mol. The molecule has 4 rings (SSSR count). The van der Waals surface area contributed by atoms with Crippen LogP contribution in [0.4, 0.5) is 5.69 Å². The molecule has 1 aliphatic carbocycles. The third kappa shape index (κ3) is 2.79. The standard InChI is InChI=1S/C21H24N2O/c1-15-13-17-8-3-5-12-20(17)23(15)14-21(24)22-19-11-6-9-16-7-2-4-10-18(16)19/h2-5,7-8,10,12,15,19H,6,9,11,13-14H2,1H3,(H,22,24)/t15-,19+/m1/s1. The van der Waals surface area contributed by atoms with Gasteiger partial charge in [0.1, 0.15) is 0 Å². The van der Waals surface area contributed by atoms with Gasteiger partial charge in [0.25, 0.3) is 0 Å². The van der Waals surface area contributed by atoms with Crippen molar-refractivity contribution in [1.29, 1.82) is 0 Å². The van der Waals surface area contributed by atoms with E-state index in [1.807, 2.05) is 0 Å². The summed E-state index contributed by atoms with van der Waals surface area (Å²) in [5.41, 5.74) is 5.24. The summed E-state index contributed by atoms with van der Waals surface area (Å²) in [5.74, 6) is 0.125. The third-order valence-corrected chi connectivity index (χ3v) is 5.37. The zero-order valence-electron chi connectivity index (χ0n) is 14.2. The van der Waals surface area contributed by atoms with E-state index >= 15 is 0 Å². The highest BCUT2D eigenvalue weighted by Gasteiger charge is 2.28. The van der Waals surface area contributed by atoms with Crippen LogP contribution in [0.15, 0.2) is 48.5 Å². The first-order valence-corrected chi connectivity index (χ1v) is 8.94. The Hall–Kier alpha value is -2.29. The number of carbonyl (C=O) groups excluding carboxylic acids is 1. The SMILES string of the molecule is C[C@@H]1Cc2ccccc2N1CC(=O)N[C@H]1CCCc2ccccc21. The van der Waals surface area contributed by atoms with Gasteiger partial charge in [0.15, 0.2) is 0 Å². The molecule has 2 aliphatic rings. The second kappa shape index (κ2) is 6.31. The molecular weight excluding hydrogens is 296 g/mol. The summed E-state index contributed by atoms with van der Waals surface area (Å²) < 4.78 is 0. The maximum absolute atomic E-state index is 12.7. The molecule has 0 radical (unpaired) electrons. The molecule has 2 atom stereocenters. The number of benzene rings is 2. The first-order chi connectivity index (χ1) is 11.7. The number of para-hydroxylation sites is 1. The Labute approximate surface area is 143 Å². The molecule has 0 spiro atoms. The normalized spacial score (nSPS) is 22.0. The number of fused-ring (bicyclic) bond motifs is 2. The topological polar surface area (TPSA) is 32.3 Å². The van der Waals surface area contributed by atoms with E-state index in [4.69, 9.17) is 0 Å². The number of carbonyl (C=O) groups is 1. The molecule has 1 amide bonds. The molecule has 1 N–H and O–H groups in total. The highest BCUT2D eigenvalue weighted by atomic mass is 16.2. The van der Waals surface area contributed by atoms with E-state index in [1.54, 1.807) is 0 Å². The van der Waals surface area contributed by atoms with Gasteiger partial charge in [0.05, 0.1) is 12.6 Å². The largest absolute Gasteiger partial charge is 0.359 e. The van der Waals surface area contributed by atoms with Crippen molar-refractivity contribution >= 4 is 11.6 Å². The highest BCUT2D eigenvalue weighted by Crippen LogP contribution is 2.32. The maximum Gasteiger partial charge on any atom is 0.240 e. The summed E-state index contributed by atoms with van der Waals surface area (Å²) in [4.78, 5) is 14.9. The maximum atomic E-state index is 12.7. The van der Waals surface area contributed by atoms with E-state index in [9.17, 15) is 4.79 Å². The minimum absolute atomic E-state index is 0.125. The molecule has 1 heterocycles. The van der Waals surface area contributed by atoms with Crippen molar-refractivity contribution in [3.8, 4) is 0 Å². The Bertz CT molecular complexity index is 755. The van der Waals surface area contributed by atoms with Gasteiger partial charge in [0.2, 0.25) is 5.91 Å². The van der Waals surface area contributed by atoms with Gasteiger partial charge >= 0.3 is 0 Å². The fourth-order valence-electron chi connectivity index (χ4n) is 4.17. The molecule has 0 saturated carbocycles. The van der Waals surface area contributed by atoms with Crippen LogP contribution >= 0.6 is 0 Å². The number of hydrogen-bond acceptors (Lipinski definition) is 2. The van der Waals surface area contributed by atoms with Crippen LogP contribution in [0, 0.1) is 0 Å². The molecular formula is C21H24N2O. The molecule has 3 heteroatoms. The first kappa shape index (κ1) is 15.3. The Morgan fingerprint density at radius 3 is 2.75 bits per heavy atom. The van der Waals surface area contributed by atoms with Crippen LogP contribution in [0.1, 0.15) is 42.5 Å². The van der Waals surface area contributed by atoms with Crippen molar-refractivity contribution in [1.82, 2.24) is 5.32 Å². The first-order valence-electron chi connectivity index (χ1n) is 8.94. The molecule has 0 fully saturated rings. The molecule has 1 aliphatic heterocycles. The fraction of sp³-hybridized carbons (Fsp3) is 0.381. The lowest BCUT2D eigenvalue weighted by Gasteiger charge is -2.29. The summed E-state index contributed by atoms with van der Waals surface area (Å²) >= 11 is 0. The van der Waals surface area contributed by atoms with Crippen molar-refractivity contribution in [2.75, 3.05) is 11.4 Å². The summed E-state index contributed by atoms with van der Waals surface area (Å²) in [6.07, 6.45) is 4.33. The number of nitrogens with zero attached hydrogens (tertiary/aromatic N) is 1. The minimum atomic E-state index is 0.125. The van der Waals surface area contributed by atoms with Gasteiger partial charge < -0.3 is 10.2 Å². The van der Waals surface area contributed by atoms with Crippen LogP contribution in [0.5, 0.6) is 0 Å². The van der Waals surface area contributed by atoms with Crippen molar-refractivity contribution in [3.05, 3.63) is 65.2 Å². The van der Waals surface area contributed by atoms with Crippen LogP contribution in [-0.4, -0.2) is 18.5 Å². The smallest absolute Gasteiger partial charge is 0.240 e. The number of hydrogen-bond donors (Lipinski definition) is 1. The molecule has 0 aromatic heterocycles. The van der Waals surface area contributed by atoms with Gasteiger partial charge in [-0.1, -0.05) is 42.5 Å². The van der Waals surface area contributed by atoms with Gasteiger partial charge in [-0.25, -0.2) is 0 Å². The van der Waals surface area contributed by atoms with Crippen molar-refractivity contribution < 1.29 is 4.79 Å². The lowest BCUT2D eigenvalue weighted by molar-refractivity contribution is -0.120. The summed E-state index contributed by atoms with van der Waals surface area (Å²) in [7, 11) is 0. The molecule has 124 valence electrons. The van der Waals surface area contributed by atoms with E-state index in [1.165, 1.54) is 22.4 Å². The quantitative estimate of drug-likeness (QED) is 0.936. The summed E-state index contributed by atoms with van der Waals surface area (Å²) in [6, 6.07) is 17.5. The Kier molecular flexibility index (Phi) is 4.01. The average molecular weight is 320 g/mol. The molecule has 2 aromatic rings. The highest BCUT2D eigenvalue weighted by molar-refractivity contribution is 5.83. The number of rotatable bonds is 3. The number of anilines is 1. The average Bonchev–Trinajstić information content (AvgIpc) is 2.91. The lowest BCUT2D eigenvalue weighted by Crippen LogP contribution is -2.42. The third-order valence-electron chi connectivity index (χ3n) is 5.37. The van der Waals surface area contributed by atoms with Crippen LogP contribution in [0.25, 0.3) is 0 Å². The molecule has 0 unspecified atom stereocenters. The van der Waals surface area contributed by atoms with E-state index in [2.05, 4.69) is 65.7 Å². The zero-order chi connectivity index (χ0) is 16.5. The van der Waals surface area contributed by atoms with Gasteiger partial charge in [-0.2, -0.15) is 0 Å². The molecule has 24 heavy (non-hydrogen) atoms.